The van der Waals surface area contributed by atoms with Gasteiger partial charge in [-0.3, -0.25) is 0 Å². The van der Waals surface area contributed by atoms with Gasteiger partial charge in [0.2, 0.25) is 0 Å². The van der Waals surface area contributed by atoms with E-state index in [1.54, 1.807) is 0 Å². The van der Waals surface area contributed by atoms with Gasteiger partial charge in [0.15, 0.2) is 0 Å². The van der Waals surface area contributed by atoms with Crippen LogP contribution in [0.3, 0.4) is 0 Å². The summed E-state index contributed by atoms with van der Waals surface area (Å²) in [7, 11) is 0. The Morgan fingerprint density at radius 2 is 1.77 bits per heavy atom. The third-order valence-corrected chi connectivity index (χ3v) is 2.26. The van der Waals surface area contributed by atoms with E-state index in [1.807, 2.05) is 0 Å². The molecule has 1 rings (SSSR count). The van der Waals surface area contributed by atoms with Crippen molar-refractivity contribution < 1.29 is 0 Å². The molecule has 0 aliphatic heterocycles. The second-order valence-corrected chi connectivity index (χ2v) is 4.47. The van der Waals surface area contributed by atoms with Gasteiger partial charge >= 0.3 is 0 Å². The van der Waals surface area contributed by atoms with Crippen molar-refractivity contribution in [2.45, 2.75) is 52.9 Å². The van der Waals surface area contributed by atoms with Crippen LogP contribution in [0.5, 0.6) is 0 Å². The summed E-state index contributed by atoms with van der Waals surface area (Å²) in [5.41, 5.74) is 2.66. The van der Waals surface area contributed by atoms with Gasteiger partial charge in [0.25, 0.3) is 0 Å². The van der Waals surface area contributed by atoms with Crippen molar-refractivity contribution in [3.05, 3.63) is 17.2 Å². The summed E-state index contributed by atoms with van der Waals surface area (Å²) in [5, 5.41) is 0. The van der Waals surface area contributed by atoms with Gasteiger partial charge in [-0.25, -0.2) is 4.98 Å². The fourth-order valence-electron chi connectivity index (χ4n) is 1.39. The van der Waals surface area contributed by atoms with E-state index >= 15 is 0 Å². The number of nitrogens with zero attached hydrogens (tertiary/aromatic N) is 1. The molecule has 0 bridgehead atoms. The smallest absolute Gasteiger partial charge is 0.111 e. The van der Waals surface area contributed by atoms with E-state index in [0.29, 0.717) is 0 Å². The number of aromatic amines is 1. The van der Waals surface area contributed by atoms with Crippen LogP contribution < -0.4 is 0 Å². The average molecular weight is 180 g/mol. The van der Waals surface area contributed by atoms with Gasteiger partial charge in [-0.05, 0) is 12.8 Å². The lowest BCUT2D eigenvalue weighted by molar-refractivity contribution is 0.550. The standard InChI is InChI=1S/C11H20N2/c1-6-8-9(7-2)13-10(12-8)11(3,4)5/h6-7H2,1-5H3,(H,12,13). The van der Waals surface area contributed by atoms with Crippen LogP contribution in [0.25, 0.3) is 0 Å². The van der Waals surface area contributed by atoms with Crippen molar-refractivity contribution in [3.63, 3.8) is 0 Å². The molecule has 2 heteroatoms. The summed E-state index contributed by atoms with van der Waals surface area (Å²) >= 11 is 0. The summed E-state index contributed by atoms with van der Waals surface area (Å²) in [6, 6.07) is 0. The Balaban J connectivity index is 3.07. The summed E-state index contributed by atoms with van der Waals surface area (Å²) in [6.07, 6.45) is 2.07. The van der Waals surface area contributed by atoms with Crippen LogP contribution in [0.1, 0.15) is 51.8 Å². The normalized spacial score (nSPS) is 12.1. The van der Waals surface area contributed by atoms with E-state index in [-0.39, 0.29) is 5.41 Å². The SMILES string of the molecule is CCc1nc(C(C)(C)C)[nH]c1CC. The fourth-order valence-corrected chi connectivity index (χ4v) is 1.39. The van der Waals surface area contributed by atoms with Crippen molar-refractivity contribution >= 4 is 0 Å². The second-order valence-electron chi connectivity index (χ2n) is 4.47. The molecule has 1 aromatic heterocycles. The first-order chi connectivity index (χ1) is 5.99. The first kappa shape index (κ1) is 10.3. The maximum absolute atomic E-state index is 4.62. The number of hydrogen-bond donors (Lipinski definition) is 1. The molecular formula is C11H20N2. The minimum atomic E-state index is 0.136. The van der Waals surface area contributed by atoms with E-state index < -0.39 is 0 Å². The lowest BCUT2D eigenvalue weighted by Crippen LogP contribution is -2.13. The van der Waals surface area contributed by atoms with Crippen molar-refractivity contribution in [2.24, 2.45) is 0 Å². The molecule has 0 saturated heterocycles. The highest BCUT2D eigenvalue weighted by Gasteiger charge is 2.19. The molecular weight excluding hydrogens is 160 g/mol. The summed E-state index contributed by atoms with van der Waals surface area (Å²) in [4.78, 5) is 8.03. The molecule has 0 radical (unpaired) electrons. The second kappa shape index (κ2) is 3.52. The highest BCUT2D eigenvalue weighted by molar-refractivity contribution is 5.18. The Kier molecular flexibility index (Phi) is 2.79. The Morgan fingerprint density at radius 1 is 1.15 bits per heavy atom. The maximum Gasteiger partial charge on any atom is 0.111 e. The molecule has 0 aromatic carbocycles. The van der Waals surface area contributed by atoms with Crippen molar-refractivity contribution in [1.29, 1.82) is 0 Å². The molecule has 0 spiro atoms. The third-order valence-electron chi connectivity index (χ3n) is 2.26. The predicted octanol–water partition coefficient (Wildman–Crippen LogP) is 2.83. The first-order valence-electron chi connectivity index (χ1n) is 5.07. The molecule has 1 N–H and O–H groups in total. The average Bonchev–Trinajstić information content (AvgIpc) is 2.45. The minimum Gasteiger partial charge on any atom is -0.345 e. The van der Waals surface area contributed by atoms with Crippen LogP contribution in [0.2, 0.25) is 0 Å². The van der Waals surface area contributed by atoms with E-state index in [0.717, 1.165) is 18.7 Å². The minimum absolute atomic E-state index is 0.136. The van der Waals surface area contributed by atoms with Crippen LogP contribution in [-0.4, -0.2) is 9.97 Å². The Labute approximate surface area is 80.8 Å². The van der Waals surface area contributed by atoms with Crippen LogP contribution in [0.15, 0.2) is 0 Å². The Morgan fingerprint density at radius 3 is 2.08 bits per heavy atom. The van der Waals surface area contributed by atoms with E-state index in [9.17, 15) is 0 Å². The number of nitrogens with one attached hydrogen (secondary N) is 1. The van der Waals surface area contributed by atoms with Gasteiger partial charge in [0.05, 0.1) is 5.69 Å². The molecule has 2 nitrogen and oxygen atoms in total. The molecule has 1 aromatic rings. The lowest BCUT2D eigenvalue weighted by Gasteiger charge is -2.14. The van der Waals surface area contributed by atoms with Crippen molar-refractivity contribution in [1.82, 2.24) is 9.97 Å². The van der Waals surface area contributed by atoms with Gasteiger partial charge < -0.3 is 4.98 Å². The topological polar surface area (TPSA) is 28.7 Å². The summed E-state index contributed by atoms with van der Waals surface area (Å²) < 4.78 is 0. The monoisotopic (exact) mass is 180 g/mol. The molecule has 0 saturated carbocycles. The number of aryl methyl sites for hydroxylation is 2. The highest BCUT2D eigenvalue weighted by Crippen LogP contribution is 2.21. The fraction of sp³-hybridized carbons (Fsp3) is 0.727. The van der Waals surface area contributed by atoms with Crippen LogP contribution in [0, 0.1) is 0 Å². The maximum atomic E-state index is 4.62. The molecule has 74 valence electrons. The van der Waals surface area contributed by atoms with Crippen LogP contribution >= 0.6 is 0 Å². The van der Waals surface area contributed by atoms with Crippen LogP contribution in [-0.2, 0) is 18.3 Å². The Bertz CT molecular complexity index is 257. The molecule has 0 aliphatic rings. The van der Waals surface area contributed by atoms with Crippen molar-refractivity contribution in [3.8, 4) is 0 Å². The highest BCUT2D eigenvalue weighted by atomic mass is 14.9. The van der Waals surface area contributed by atoms with E-state index in [2.05, 4.69) is 44.6 Å². The van der Waals surface area contributed by atoms with Gasteiger partial charge in [0.1, 0.15) is 5.82 Å². The first-order valence-corrected chi connectivity index (χ1v) is 5.07. The number of aromatic nitrogens is 2. The quantitative estimate of drug-likeness (QED) is 0.745. The van der Waals surface area contributed by atoms with Crippen LogP contribution in [0.4, 0.5) is 0 Å². The summed E-state index contributed by atoms with van der Waals surface area (Å²) in [6.45, 7) is 10.9. The molecule has 0 fully saturated rings. The summed E-state index contributed by atoms with van der Waals surface area (Å²) in [5.74, 6) is 1.11. The molecule has 0 atom stereocenters. The predicted molar refractivity (Wildman–Crippen MR) is 56.0 cm³/mol. The lowest BCUT2D eigenvalue weighted by atomic mass is 9.96. The molecule has 0 unspecified atom stereocenters. The zero-order valence-electron chi connectivity index (χ0n) is 9.36. The number of imidazole rings is 1. The van der Waals surface area contributed by atoms with E-state index in [4.69, 9.17) is 0 Å². The molecule has 13 heavy (non-hydrogen) atoms. The number of rotatable bonds is 2. The molecule has 0 amide bonds. The van der Waals surface area contributed by atoms with Gasteiger partial charge in [-0.15, -0.1) is 0 Å². The third kappa shape index (κ3) is 2.11. The zero-order chi connectivity index (χ0) is 10.1. The van der Waals surface area contributed by atoms with Gasteiger partial charge in [-0.1, -0.05) is 34.6 Å². The van der Waals surface area contributed by atoms with Gasteiger partial charge in [0, 0.05) is 11.1 Å². The number of H-pyrrole nitrogens is 1. The van der Waals surface area contributed by atoms with Gasteiger partial charge in [-0.2, -0.15) is 0 Å². The molecule has 0 aliphatic carbocycles. The molecule has 1 heterocycles. The Hall–Kier alpha value is -0.790. The van der Waals surface area contributed by atoms with E-state index in [1.165, 1.54) is 11.4 Å². The number of hydrogen-bond acceptors (Lipinski definition) is 1. The van der Waals surface area contributed by atoms with Crippen molar-refractivity contribution in [2.75, 3.05) is 0 Å². The zero-order valence-corrected chi connectivity index (χ0v) is 9.36. The largest absolute Gasteiger partial charge is 0.345 e.